The van der Waals surface area contributed by atoms with Crippen LogP contribution < -0.4 is 10.5 Å². The zero-order valence-corrected chi connectivity index (χ0v) is 10.6. The van der Waals surface area contributed by atoms with Gasteiger partial charge in [0.1, 0.15) is 16.5 Å². The Bertz CT molecular complexity index is 727. The molecule has 0 spiro atoms. The van der Waals surface area contributed by atoms with E-state index in [0.29, 0.717) is 6.07 Å². The smallest absolute Gasteiger partial charge is 0.264 e. The lowest BCUT2D eigenvalue weighted by Gasteiger charge is -2.08. The minimum absolute atomic E-state index is 0.157. The van der Waals surface area contributed by atoms with Gasteiger partial charge in [-0.1, -0.05) is 0 Å². The minimum atomic E-state index is -4.19. The van der Waals surface area contributed by atoms with E-state index in [1.807, 2.05) is 0 Å². The SMILES string of the molecule is Cn1cc(NS(=O)(=O)c2cc(N)c(F)cc2F)cn1. The number of aromatic nitrogens is 2. The van der Waals surface area contributed by atoms with Crippen molar-refractivity contribution in [3.63, 3.8) is 0 Å². The molecule has 1 heterocycles. The first kappa shape index (κ1) is 13.3. The van der Waals surface area contributed by atoms with Crippen molar-refractivity contribution in [1.29, 1.82) is 0 Å². The second kappa shape index (κ2) is 4.50. The molecule has 0 aliphatic heterocycles. The first-order valence-electron chi connectivity index (χ1n) is 5.05. The van der Waals surface area contributed by atoms with Crippen molar-refractivity contribution in [2.75, 3.05) is 10.5 Å². The van der Waals surface area contributed by atoms with Gasteiger partial charge in [0.2, 0.25) is 0 Å². The van der Waals surface area contributed by atoms with Gasteiger partial charge in [-0.2, -0.15) is 5.10 Å². The first-order valence-corrected chi connectivity index (χ1v) is 6.54. The number of anilines is 2. The predicted molar refractivity (Wildman–Crippen MR) is 64.8 cm³/mol. The van der Waals surface area contributed by atoms with Crippen LogP contribution in [0.1, 0.15) is 0 Å². The molecule has 0 saturated heterocycles. The van der Waals surface area contributed by atoms with E-state index in [1.165, 1.54) is 17.1 Å². The van der Waals surface area contributed by atoms with Gasteiger partial charge in [0.05, 0.1) is 17.6 Å². The summed E-state index contributed by atoms with van der Waals surface area (Å²) >= 11 is 0. The molecular formula is C10H10F2N4O2S. The molecule has 0 aliphatic rings. The molecule has 3 N–H and O–H groups in total. The van der Waals surface area contributed by atoms with Crippen LogP contribution in [-0.4, -0.2) is 18.2 Å². The Morgan fingerprint density at radius 2 is 2.00 bits per heavy atom. The third-order valence-corrected chi connectivity index (χ3v) is 3.69. The Morgan fingerprint density at radius 3 is 2.58 bits per heavy atom. The Kier molecular flexibility index (Phi) is 3.14. The van der Waals surface area contributed by atoms with E-state index in [1.54, 1.807) is 7.05 Å². The first-order chi connectivity index (χ1) is 8.79. The molecule has 0 bridgehead atoms. The highest BCUT2D eigenvalue weighted by atomic mass is 32.2. The quantitative estimate of drug-likeness (QED) is 0.827. The number of nitrogen functional groups attached to an aromatic ring is 1. The largest absolute Gasteiger partial charge is 0.396 e. The average molecular weight is 288 g/mol. The highest BCUT2D eigenvalue weighted by Gasteiger charge is 2.21. The Hall–Kier alpha value is -2.16. The van der Waals surface area contributed by atoms with Gasteiger partial charge in [0, 0.05) is 19.3 Å². The number of benzene rings is 1. The predicted octanol–water partition coefficient (Wildman–Crippen LogP) is 1.08. The van der Waals surface area contributed by atoms with Crippen LogP contribution in [-0.2, 0) is 17.1 Å². The van der Waals surface area contributed by atoms with Crippen LogP contribution in [0.2, 0.25) is 0 Å². The van der Waals surface area contributed by atoms with Crippen molar-refractivity contribution in [3.05, 3.63) is 36.2 Å². The number of nitrogens with two attached hydrogens (primary N) is 1. The molecule has 19 heavy (non-hydrogen) atoms. The number of nitrogens with one attached hydrogen (secondary N) is 1. The summed E-state index contributed by atoms with van der Waals surface area (Å²) in [5.41, 5.74) is 4.94. The van der Waals surface area contributed by atoms with Gasteiger partial charge in [-0.15, -0.1) is 0 Å². The molecule has 0 aliphatic carbocycles. The van der Waals surface area contributed by atoms with Crippen LogP contribution in [0.15, 0.2) is 29.4 Å². The van der Waals surface area contributed by atoms with E-state index in [2.05, 4.69) is 9.82 Å². The number of hydrogen-bond acceptors (Lipinski definition) is 4. The van der Waals surface area contributed by atoms with Crippen molar-refractivity contribution in [1.82, 2.24) is 9.78 Å². The lowest BCUT2D eigenvalue weighted by Crippen LogP contribution is -2.15. The lowest BCUT2D eigenvalue weighted by molar-refractivity contribution is 0.553. The number of nitrogens with zero attached hydrogens (tertiary/aromatic N) is 2. The van der Waals surface area contributed by atoms with Gasteiger partial charge >= 0.3 is 0 Å². The van der Waals surface area contributed by atoms with E-state index in [0.717, 1.165) is 6.07 Å². The van der Waals surface area contributed by atoms with Crippen LogP contribution in [0.4, 0.5) is 20.2 Å². The third-order valence-electron chi connectivity index (χ3n) is 2.30. The topological polar surface area (TPSA) is 90.0 Å². The van der Waals surface area contributed by atoms with E-state index in [-0.39, 0.29) is 5.69 Å². The molecule has 1 aromatic heterocycles. The summed E-state index contributed by atoms with van der Waals surface area (Å²) in [6.45, 7) is 0. The Labute approximate surface area is 107 Å². The lowest BCUT2D eigenvalue weighted by atomic mass is 10.3. The zero-order chi connectivity index (χ0) is 14.2. The highest BCUT2D eigenvalue weighted by molar-refractivity contribution is 7.92. The van der Waals surface area contributed by atoms with Crippen LogP contribution >= 0.6 is 0 Å². The van der Waals surface area contributed by atoms with Crippen LogP contribution in [0, 0.1) is 11.6 Å². The minimum Gasteiger partial charge on any atom is -0.396 e. The van der Waals surface area contributed by atoms with Crippen LogP contribution in [0.3, 0.4) is 0 Å². The summed E-state index contributed by atoms with van der Waals surface area (Å²) in [5, 5.41) is 3.76. The number of hydrogen-bond donors (Lipinski definition) is 2. The molecule has 6 nitrogen and oxygen atoms in total. The van der Waals surface area contributed by atoms with Crippen molar-refractivity contribution >= 4 is 21.4 Å². The van der Waals surface area contributed by atoms with Gasteiger partial charge in [-0.05, 0) is 6.07 Å². The summed E-state index contributed by atoms with van der Waals surface area (Å²) in [6.07, 6.45) is 2.64. The molecule has 0 radical (unpaired) electrons. The standard InChI is InChI=1S/C10H10F2N4O2S/c1-16-5-6(4-14-16)15-19(17,18)10-3-9(13)7(11)2-8(10)12/h2-5,15H,13H2,1H3. The van der Waals surface area contributed by atoms with Crippen molar-refractivity contribution in [2.45, 2.75) is 4.90 Å². The maximum absolute atomic E-state index is 13.5. The van der Waals surface area contributed by atoms with E-state index < -0.39 is 32.2 Å². The molecule has 0 fully saturated rings. The zero-order valence-electron chi connectivity index (χ0n) is 9.76. The maximum Gasteiger partial charge on any atom is 0.264 e. The maximum atomic E-state index is 13.5. The molecule has 102 valence electrons. The molecule has 2 rings (SSSR count). The fourth-order valence-corrected chi connectivity index (χ4v) is 2.56. The summed E-state index contributed by atoms with van der Waals surface area (Å²) in [7, 11) is -2.60. The average Bonchev–Trinajstić information content (AvgIpc) is 2.68. The molecule has 9 heteroatoms. The van der Waals surface area contributed by atoms with E-state index in [9.17, 15) is 17.2 Å². The number of sulfonamides is 1. The van der Waals surface area contributed by atoms with E-state index in [4.69, 9.17) is 5.73 Å². The normalized spacial score (nSPS) is 11.5. The third kappa shape index (κ3) is 2.65. The van der Waals surface area contributed by atoms with Gasteiger partial charge in [-0.3, -0.25) is 9.40 Å². The molecular weight excluding hydrogens is 278 g/mol. The van der Waals surface area contributed by atoms with Crippen molar-refractivity contribution in [2.24, 2.45) is 7.05 Å². The second-order valence-corrected chi connectivity index (χ2v) is 5.46. The monoisotopic (exact) mass is 288 g/mol. The fraction of sp³-hybridized carbons (Fsp3) is 0.100. The van der Waals surface area contributed by atoms with Crippen LogP contribution in [0.5, 0.6) is 0 Å². The van der Waals surface area contributed by atoms with Crippen molar-refractivity contribution < 1.29 is 17.2 Å². The van der Waals surface area contributed by atoms with E-state index >= 15 is 0 Å². The summed E-state index contributed by atoms with van der Waals surface area (Å²) in [4.78, 5) is -0.727. The molecule has 0 unspecified atom stereocenters. The van der Waals surface area contributed by atoms with Crippen molar-refractivity contribution in [3.8, 4) is 0 Å². The molecule has 0 amide bonds. The molecule has 0 atom stereocenters. The molecule has 1 aromatic carbocycles. The van der Waals surface area contributed by atoms with Gasteiger partial charge in [-0.25, -0.2) is 17.2 Å². The van der Waals surface area contributed by atoms with Gasteiger partial charge in [0.25, 0.3) is 10.0 Å². The van der Waals surface area contributed by atoms with Gasteiger partial charge < -0.3 is 5.73 Å². The molecule has 2 aromatic rings. The number of halogens is 2. The number of rotatable bonds is 3. The number of aryl methyl sites for hydroxylation is 1. The van der Waals surface area contributed by atoms with Crippen LogP contribution in [0.25, 0.3) is 0 Å². The Balaban J connectivity index is 2.42. The van der Waals surface area contributed by atoms with Gasteiger partial charge in [0.15, 0.2) is 0 Å². The highest BCUT2D eigenvalue weighted by Crippen LogP contribution is 2.23. The summed E-state index contributed by atoms with van der Waals surface area (Å²) < 4.78 is 53.8. The summed E-state index contributed by atoms with van der Waals surface area (Å²) in [5.74, 6) is -2.24. The second-order valence-electron chi connectivity index (χ2n) is 3.81. The summed E-state index contributed by atoms with van der Waals surface area (Å²) in [6, 6.07) is 1.15. The molecule has 0 saturated carbocycles. The fourth-order valence-electron chi connectivity index (χ4n) is 1.43. The Morgan fingerprint density at radius 1 is 1.32 bits per heavy atom.